The van der Waals surface area contributed by atoms with Crippen LogP contribution in [0, 0.1) is 12.7 Å². The molecular formula is C25H19ClFN3O3. The van der Waals surface area contributed by atoms with Gasteiger partial charge in [0, 0.05) is 23.3 Å². The van der Waals surface area contributed by atoms with E-state index in [4.69, 9.17) is 11.6 Å². The molecule has 8 heteroatoms. The lowest BCUT2D eigenvalue weighted by molar-refractivity contribution is -0.120. The number of hydrogen-bond donors (Lipinski definition) is 2. The molecule has 3 aromatic rings. The molecule has 0 fully saturated rings. The van der Waals surface area contributed by atoms with E-state index >= 15 is 0 Å². The molecule has 0 aromatic heterocycles. The summed E-state index contributed by atoms with van der Waals surface area (Å²) in [5.41, 5.74) is 2.26. The minimum Gasteiger partial charge on any atom is -0.350 e. The quantitative estimate of drug-likeness (QED) is 0.513. The summed E-state index contributed by atoms with van der Waals surface area (Å²) in [6.07, 6.45) is 0. The highest BCUT2D eigenvalue weighted by Gasteiger charge is 2.41. The maximum absolute atomic E-state index is 14.5. The van der Waals surface area contributed by atoms with E-state index in [2.05, 4.69) is 10.6 Å². The van der Waals surface area contributed by atoms with Crippen molar-refractivity contribution in [2.75, 3.05) is 15.5 Å². The number of halogens is 2. The Hall–Kier alpha value is -3.97. The van der Waals surface area contributed by atoms with Crippen molar-refractivity contribution in [3.63, 3.8) is 0 Å². The Morgan fingerprint density at radius 2 is 1.67 bits per heavy atom. The maximum Gasteiger partial charge on any atom is 0.282 e. The summed E-state index contributed by atoms with van der Waals surface area (Å²) in [6.45, 7) is 3.22. The molecule has 3 aromatic carbocycles. The highest BCUT2D eigenvalue weighted by Crippen LogP contribution is 2.36. The first-order chi connectivity index (χ1) is 15.8. The second-order valence-corrected chi connectivity index (χ2v) is 7.93. The Bertz CT molecular complexity index is 1320. The second-order valence-electron chi connectivity index (χ2n) is 7.49. The lowest BCUT2D eigenvalue weighted by atomic mass is 10.0. The van der Waals surface area contributed by atoms with Gasteiger partial charge < -0.3 is 10.6 Å². The zero-order valence-electron chi connectivity index (χ0n) is 17.8. The third-order valence-electron chi connectivity index (χ3n) is 5.13. The number of imide groups is 1. The number of aryl methyl sites for hydroxylation is 1. The molecule has 0 saturated heterocycles. The maximum atomic E-state index is 14.5. The molecule has 0 aliphatic carbocycles. The molecular weight excluding hydrogens is 445 g/mol. The van der Waals surface area contributed by atoms with Crippen molar-refractivity contribution in [3.8, 4) is 0 Å². The zero-order valence-corrected chi connectivity index (χ0v) is 18.5. The highest BCUT2D eigenvalue weighted by atomic mass is 35.5. The smallest absolute Gasteiger partial charge is 0.282 e. The van der Waals surface area contributed by atoms with Crippen LogP contribution < -0.4 is 15.5 Å². The third-order valence-corrected chi connectivity index (χ3v) is 5.37. The van der Waals surface area contributed by atoms with E-state index in [-0.39, 0.29) is 22.9 Å². The number of nitrogens with zero attached hydrogens (tertiary/aromatic N) is 1. The summed E-state index contributed by atoms with van der Waals surface area (Å²) in [6, 6.07) is 17.2. The lowest BCUT2D eigenvalue weighted by Gasteiger charge is -2.16. The van der Waals surface area contributed by atoms with Gasteiger partial charge in [0.2, 0.25) is 5.91 Å². The van der Waals surface area contributed by atoms with E-state index in [0.717, 1.165) is 10.5 Å². The van der Waals surface area contributed by atoms with Crippen LogP contribution >= 0.6 is 11.6 Å². The largest absolute Gasteiger partial charge is 0.350 e. The molecule has 1 aliphatic heterocycles. The Morgan fingerprint density at radius 3 is 2.33 bits per heavy atom. The summed E-state index contributed by atoms with van der Waals surface area (Å²) >= 11 is 6.12. The van der Waals surface area contributed by atoms with Crippen molar-refractivity contribution in [2.24, 2.45) is 0 Å². The number of hydrogen-bond acceptors (Lipinski definition) is 4. The Kier molecular flexibility index (Phi) is 5.98. The molecule has 1 heterocycles. The van der Waals surface area contributed by atoms with Gasteiger partial charge in [0.1, 0.15) is 11.5 Å². The predicted molar refractivity (Wildman–Crippen MR) is 126 cm³/mol. The van der Waals surface area contributed by atoms with Gasteiger partial charge in [0.05, 0.1) is 11.3 Å². The van der Waals surface area contributed by atoms with Crippen molar-refractivity contribution in [3.05, 3.63) is 94.4 Å². The van der Waals surface area contributed by atoms with Crippen molar-refractivity contribution in [2.45, 2.75) is 13.8 Å². The van der Waals surface area contributed by atoms with Gasteiger partial charge in [-0.05, 0) is 54.4 Å². The van der Waals surface area contributed by atoms with Crippen LogP contribution in [-0.2, 0) is 14.4 Å². The lowest BCUT2D eigenvalue weighted by Crippen LogP contribution is -2.33. The number of carbonyl (C=O) groups excluding carboxylic acids is 3. The molecule has 6 nitrogen and oxygen atoms in total. The highest BCUT2D eigenvalue weighted by molar-refractivity contribution is 6.46. The average Bonchev–Trinajstić information content (AvgIpc) is 3.01. The predicted octanol–water partition coefficient (Wildman–Crippen LogP) is 5.14. The SMILES string of the molecule is CC(=O)Nc1ccc(C2=C(Nc3cc(Cl)ccc3C)C(=O)N(c3ccccc3F)C2=O)cc1. The Labute approximate surface area is 194 Å². The molecule has 166 valence electrons. The van der Waals surface area contributed by atoms with Gasteiger partial charge in [-0.25, -0.2) is 9.29 Å². The van der Waals surface area contributed by atoms with E-state index in [1.165, 1.54) is 25.1 Å². The fourth-order valence-electron chi connectivity index (χ4n) is 3.55. The number of rotatable bonds is 5. The third kappa shape index (κ3) is 4.36. The van der Waals surface area contributed by atoms with Gasteiger partial charge in [0.15, 0.2) is 0 Å². The molecule has 0 radical (unpaired) electrons. The number of para-hydroxylation sites is 1. The van der Waals surface area contributed by atoms with E-state index in [9.17, 15) is 18.8 Å². The zero-order chi connectivity index (χ0) is 23.7. The van der Waals surface area contributed by atoms with E-state index in [1.807, 2.05) is 6.92 Å². The van der Waals surface area contributed by atoms with E-state index < -0.39 is 17.6 Å². The summed E-state index contributed by atoms with van der Waals surface area (Å²) in [7, 11) is 0. The van der Waals surface area contributed by atoms with Gasteiger partial charge in [-0.1, -0.05) is 41.9 Å². The molecule has 0 saturated carbocycles. The first-order valence-electron chi connectivity index (χ1n) is 10.0. The monoisotopic (exact) mass is 463 g/mol. The minimum atomic E-state index is -0.695. The fourth-order valence-corrected chi connectivity index (χ4v) is 3.72. The van der Waals surface area contributed by atoms with Crippen molar-refractivity contribution in [1.82, 2.24) is 0 Å². The first kappa shape index (κ1) is 22.2. The number of benzene rings is 3. The van der Waals surface area contributed by atoms with Crippen LogP contribution in [0.25, 0.3) is 5.57 Å². The van der Waals surface area contributed by atoms with Gasteiger partial charge >= 0.3 is 0 Å². The molecule has 3 amide bonds. The summed E-state index contributed by atoms with van der Waals surface area (Å²) < 4.78 is 14.5. The van der Waals surface area contributed by atoms with Crippen molar-refractivity contribution >= 4 is 52.0 Å². The van der Waals surface area contributed by atoms with Gasteiger partial charge in [-0.3, -0.25) is 14.4 Å². The van der Waals surface area contributed by atoms with Crippen molar-refractivity contribution in [1.29, 1.82) is 0 Å². The topological polar surface area (TPSA) is 78.5 Å². The molecule has 0 unspecified atom stereocenters. The van der Waals surface area contributed by atoms with Crippen LogP contribution in [0.3, 0.4) is 0 Å². The molecule has 1 aliphatic rings. The van der Waals surface area contributed by atoms with Crippen LogP contribution in [0.15, 0.2) is 72.4 Å². The standard InChI is InChI=1S/C25H19ClFN3O3/c1-14-7-10-17(26)13-20(14)29-23-22(16-8-11-18(12-9-16)28-15(2)31)24(32)30(25(23)33)21-6-4-3-5-19(21)27/h3-13,29H,1-2H3,(H,28,31). The van der Waals surface area contributed by atoms with Crippen LogP contribution in [0.5, 0.6) is 0 Å². The first-order valence-corrected chi connectivity index (χ1v) is 10.4. The second kappa shape index (κ2) is 8.88. The summed E-state index contributed by atoms with van der Waals surface area (Å²) in [5.74, 6) is -2.29. The van der Waals surface area contributed by atoms with E-state index in [1.54, 1.807) is 48.5 Å². The summed E-state index contributed by atoms with van der Waals surface area (Å²) in [5, 5.41) is 6.14. The molecule has 0 bridgehead atoms. The Morgan fingerprint density at radius 1 is 0.970 bits per heavy atom. The van der Waals surface area contributed by atoms with Gasteiger partial charge in [0.25, 0.3) is 11.8 Å². The Balaban J connectivity index is 1.83. The molecule has 0 atom stereocenters. The number of nitrogens with one attached hydrogen (secondary N) is 2. The van der Waals surface area contributed by atoms with Crippen LogP contribution in [0.4, 0.5) is 21.5 Å². The van der Waals surface area contributed by atoms with E-state index in [0.29, 0.717) is 22.0 Å². The fraction of sp³-hybridized carbons (Fsp3) is 0.0800. The number of carbonyl (C=O) groups is 3. The van der Waals surface area contributed by atoms with Crippen LogP contribution in [-0.4, -0.2) is 17.7 Å². The minimum absolute atomic E-state index is 0.000830. The molecule has 33 heavy (non-hydrogen) atoms. The average molecular weight is 464 g/mol. The van der Waals surface area contributed by atoms with Gasteiger partial charge in [-0.15, -0.1) is 0 Å². The van der Waals surface area contributed by atoms with Crippen LogP contribution in [0.2, 0.25) is 5.02 Å². The normalized spacial score (nSPS) is 13.5. The molecule has 4 rings (SSSR count). The van der Waals surface area contributed by atoms with Crippen molar-refractivity contribution < 1.29 is 18.8 Å². The van der Waals surface area contributed by atoms with Crippen LogP contribution in [0.1, 0.15) is 18.1 Å². The van der Waals surface area contributed by atoms with Gasteiger partial charge in [-0.2, -0.15) is 0 Å². The molecule has 0 spiro atoms. The molecule has 2 N–H and O–H groups in total. The summed E-state index contributed by atoms with van der Waals surface area (Å²) in [4.78, 5) is 39.0. The number of anilines is 3. The number of amides is 3.